The van der Waals surface area contributed by atoms with Gasteiger partial charge >= 0.3 is 24.1 Å². The molecule has 1 aliphatic carbocycles. The molecule has 0 aliphatic heterocycles. The van der Waals surface area contributed by atoms with Crippen molar-refractivity contribution in [2.24, 2.45) is 0 Å². The minimum absolute atomic E-state index is 0.184. The van der Waals surface area contributed by atoms with Crippen LogP contribution >= 0.6 is 0 Å². The molecule has 11 heteroatoms. The Labute approximate surface area is 249 Å². The Morgan fingerprint density at radius 3 is 1.79 bits per heavy atom. The maximum atomic E-state index is 14.4. The van der Waals surface area contributed by atoms with E-state index in [-0.39, 0.29) is 29.5 Å². The Kier molecular flexibility index (Phi) is 9.84. The van der Waals surface area contributed by atoms with Crippen LogP contribution in [0.5, 0.6) is 5.75 Å². The van der Waals surface area contributed by atoms with Gasteiger partial charge in [0.25, 0.3) is 0 Å². The van der Waals surface area contributed by atoms with Gasteiger partial charge in [-0.15, -0.1) is 0 Å². The molecule has 0 amide bonds. The standard InChI is InChI=1S/C32H36F3NO7/c1-18(2)41-27(37)30(15-8-16-36)25-17-22(32(33,34)35)11-14-24(25)31(28(38)42-19(3)4,29(39)43-20(5)6)26(30)21-9-12-23(40-7)13-10-21/h9-14,17-20,26H,8,15H2,1-7H3/t26-,30-/m1/s1. The van der Waals surface area contributed by atoms with Crippen LogP contribution in [0.4, 0.5) is 13.2 Å². The van der Waals surface area contributed by atoms with E-state index < -0.39 is 64.7 Å². The summed E-state index contributed by atoms with van der Waals surface area (Å²) in [6.07, 6.45) is -7.74. The lowest BCUT2D eigenvalue weighted by Gasteiger charge is -2.40. The summed E-state index contributed by atoms with van der Waals surface area (Å²) in [5, 5.41) is 9.67. The molecule has 2 aromatic rings. The van der Waals surface area contributed by atoms with Crippen molar-refractivity contribution in [2.75, 3.05) is 7.11 Å². The lowest BCUT2D eigenvalue weighted by Crippen LogP contribution is -2.54. The highest BCUT2D eigenvalue weighted by atomic mass is 19.4. The number of hydrogen-bond acceptors (Lipinski definition) is 8. The van der Waals surface area contributed by atoms with E-state index in [9.17, 15) is 32.8 Å². The number of rotatable bonds is 10. The highest BCUT2D eigenvalue weighted by molar-refractivity contribution is 6.12. The summed E-state index contributed by atoms with van der Waals surface area (Å²) >= 11 is 0. The molecule has 0 N–H and O–H groups in total. The number of carbonyl (C=O) groups excluding carboxylic acids is 3. The number of methoxy groups -OCH3 is 1. The highest BCUT2D eigenvalue weighted by Crippen LogP contribution is 2.63. The number of nitrogens with zero attached hydrogens (tertiary/aromatic N) is 1. The first-order chi connectivity index (χ1) is 20.1. The fraction of sp³-hybridized carbons (Fsp3) is 0.500. The van der Waals surface area contributed by atoms with Gasteiger partial charge in [-0.3, -0.25) is 14.4 Å². The van der Waals surface area contributed by atoms with E-state index >= 15 is 0 Å². The third-order valence-corrected chi connectivity index (χ3v) is 7.29. The van der Waals surface area contributed by atoms with E-state index in [1.54, 1.807) is 41.5 Å². The molecule has 232 valence electrons. The van der Waals surface area contributed by atoms with Crippen LogP contribution in [-0.2, 0) is 45.6 Å². The van der Waals surface area contributed by atoms with E-state index in [0.29, 0.717) is 5.75 Å². The van der Waals surface area contributed by atoms with Crippen LogP contribution < -0.4 is 4.74 Å². The van der Waals surface area contributed by atoms with Gasteiger partial charge < -0.3 is 18.9 Å². The van der Waals surface area contributed by atoms with Gasteiger partial charge in [0.05, 0.1) is 37.1 Å². The normalized spacial score (nSPS) is 19.1. The number of benzene rings is 2. The molecule has 0 bridgehead atoms. The molecule has 2 atom stereocenters. The third-order valence-electron chi connectivity index (χ3n) is 7.29. The Hall–Kier alpha value is -4.07. The molecule has 2 aromatic carbocycles. The molecular weight excluding hydrogens is 567 g/mol. The smallest absolute Gasteiger partial charge is 0.416 e. The first-order valence-electron chi connectivity index (χ1n) is 13.9. The fourth-order valence-corrected chi connectivity index (χ4v) is 5.78. The lowest BCUT2D eigenvalue weighted by atomic mass is 9.61. The number of halogens is 3. The molecule has 0 radical (unpaired) electrons. The van der Waals surface area contributed by atoms with Crippen molar-refractivity contribution in [3.8, 4) is 11.8 Å². The van der Waals surface area contributed by atoms with Crippen LogP contribution in [-0.4, -0.2) is 43.3 Å². The van der Waals surface area contributed by atoms with Crippen LogP contribution in [0.1, 0.15) is 82.6 Å². The van der Waals surface area contributed by atoms with Crippen molar-refractivity contribution in [2.45, 2.75) is 95.6 Å². The molecule has 0 spiro atoms. The second-order valence-electron chi connectivity index (χ2n) is 11.3. The maximum absolute atomic E-state index is 14.4. The van der Waals surface area contributed by atoms with E-state index in [1.165, 1.54) is 31.4 Å². The molecule has 3 rings (SSSR count). The zero-order chi connectivity index (χ0) is 32.3. The topological polar surface area (TPSA) is 112 Å². The fourth-order valence-electron chi connectivity index (χ4n) is 5.78. The SMILES string of the molecule is COc1ccc([C@H]2C(C(=O)OC(C)C)(C(=O)OC(C)C)c3ccc(C(F)(F)F)cc3[C@@]2(CCC#N)C(=O)OC(C)C)cc1. The summed E-state index contributed by atoms with van der Waals surface area (Å²) in [5.74, 6) is -4.32. The first kappa shape index (κ1) is 33.4. The Bertz CT molecular complexity index is 1370. The monoisotopic (exact) mass is 603 g/mol. The molecule has 0 fully saturated rings. The van der Waals surface area contributed by atoms with Crippen molar-refractivity contribution >= 4 is 17.9 Å². The zero-order valence-electron chi connectivity index (χ0n) is 25.2. The van der Waals surface area contributed by atoms with E-state index in [0.717, 1.165) is 18.2 Å². The van der Waals surface area contributed by atoms with Gasteiger partial charge in [-0.25, -0.2) is 0 Å². The van der Waals surface area contributed by atoms with Crippen LogP contribution in [0.25, 0.3) is 0 Å². The number of carbonyl (C=O) groups is 3. The third kappa shape index (κ3) is 6.05. The number of hydrogen-bond donors (Lipinski definition) is 0. The number of nitriles is 1. The molecule has 8 nitrogen and oxygen atoms in total. The van der Waals surface area contributed by atoms with Gasteiger partial charge in [0.15, 0.2) is 5.41 Å². The minimum atomic E-state index is -4.84. The molecule has 0 unspecified atom stereocenters. The number of fused-ring (bicyclic) bond motifs is 1. The summed E-state index contributed by atoms with van der Waals surface area (Å²) in [6.45, 7) is 9.35. The average molecular weight is 604 g/mol. The van der Waals surface area contributed by atoms with Crippen molar-refractivity contribution < 1.29 is 46.5 Å². The average Bonchev–Trinajstić information content (AvgIpc) is 3.18. The first-order valence-corrected chi connectivity index (χ1v) is 13.9. The van der Waals surface area contributed by atoms with Crippen molar-refractivity contribution in [1.82, 2.24) is 0 Å². The molecule has 0 aromatic heterocycles. The molecule has 0 saturated heterocycles. The number of ether oxygens (including phenoxy) is 4. The highest BCUT2D eigenvalue weighted by Gasteiger charge is 2.73. The minimum Gasteiger partial charge on any atom is -0.497 e. The Morgan fingerprint density at radius 2 is 1.35 bits per heavy atom. The lowest BCUT2D eigenvalue weighted by molar-refractivity contribution is -0.173. The molecule has 0 saturated carbocycles. The molecule has 0 heterocycles. The largest absolute Gasteiger partial charge is 0.497 e. The van der Waals surface area contributed by atoms with Crippen LogP contribution in [0.3, 0.4) is 0 Å². The summed E-state index contributed by atoms with van der Waals surface area (Å²) in [7, 11) is 1.43. The maximum Gasteiger partial charge on any atom is 0.416 e. The van der Waals surface area contributed by atoms with Gasteiger partial charge in [-0.1, -0.05) is 18.2 Å². The van der Waals surface area contributed by atoms with Crippen molar-refractivity contribution in [3.63, 3.8) is 0 Å². The van der Waals surface area contributed by atoms with Gasteiger partial charge in [0.1, 0.15) is 11.2 Å². The number of esters is 3. The van der Waals surface area contributed by atoms with Crippen molar-refractivity contribution in [1.29, 1.82) is 5.26 Å². The summed E-state index contributed by atoms with van der Waals surface area (Å²) in [4.78, 5) is 43.1. The van der Waals surface area contributed by atoms with Crippen LogP contribution in [0, 0.1) is 11.3 Å². The summed E-state index contributed by atoms with van der Waals surface area (Å²) < 4.78 is 64.7. The van der Waals surface area contributed by atoms with E-state index in [4.69, 9.17) is 18.9 Å². The van der Waals surface area contributed by atoms with Gasteiger partial charge in [-0.2, -0.15) is 18.4 Å². The second kappa shape index (κ2) is 12.7. The zero-order valence-corrected chi connectivity index (χ0v) is 25.2. The molecule has 43 heavy (non-hydrogen) atoms. The summed E-state index contributed by atoms with van der Waals surface area (Å²) in [5.41, 5.74) is -5.89. The quantitative estimate of drug-likeness (QED) is 0.181. The van der Waals surface area contributed by atoms with Crippen molar-refractivity contribution in [3.05, 3.63) is 64.7 Å². The Morgan fingerprint density at radius 1 is 0.837 bits per heavy atom. The van der Waals surface area contributed by atoms with Gasteiger partial charge in [-0.05, 0) is 88.9 Å². The van der Waals surface area contributed by atoms with Crippen LogP contribution in [0.15, 0.2) is 42.5 Å². The van der Waals surface area contributed by atoms with E-state index in [1.807, 2.05) is 6.07 Å². The Balaban J connectivity index is 2.65. The number of alkyl halides is 3. The van der Waals surface area contributed by atoms with Crippen LogP contribution in [0.2, 0.25) is 0 Å². The second-order valence-corrected chi connectivity index (χ2v) is 11.3. The molecule has 1 aliphatic rings. The summed E-state index contributed by atoms with van der Waals surface area (Å²) in [6, 6.07) is 10.6. The predicted octanol–water partition coefficient (Wildman–Crippen LogP) is 6.15. The van der Waals surface area contributed by atoms with E-state index in [2.05, 4.69) is 0 Å². The van der Waals surface area contributed by atoms with Gasteiger partial charge in [0, 0.05) is 12.3 Å². The van der Waals surface area contributed by atoms with Gasteiger partial charge in [0.2, 0.25) is 0 Å². The molecular formula is C32H36F3NO7. The predicted molar refractivity (Wildman–Crippen MR) is 149 cm³/mol.